The molecule has 0 aliphatic heterocycles. The van der Waals surface area contributed by atoms with Gasteiger partial charge in [-0.15, -0.1) is 12.3 Å². The molecule has 1 heteroatoms. The van der Waals surface area contributed by atoms with Crippen molar-refractivity contribution in [1.29, 1.82) is 0 Å². The number of aliphatic hydroxyl groups excluding tert-OH is 1. The van der Waals surface area contributed by atoms with Gasteiger partial charge in [-0.3, -0.25) is 0 Å². The summed E-state index contributed by atoms with van der Waals surface area (Å²) in [6.45, 7) is 4.85. The van der Waals surface area contributed by atoms with Gasteiger partial charge in [0.1, 0.15) is 0 Å². The number of hydrogen-bond donors (Lipinski definition) is 1. The normalized spacial score (nSPS) is 53.0. The van der Waals surface area contributed by atoms with Crippen molar-refractivity contribution in [2.45, 2.75) is 52.1 Å². The van der Waals surface area contributed by atoms with Gasteiger partial charge in [0.15, 0.2) is 0 Å². The number of aliphatic hydroxyl groups is 1. The number of fused-ring (bicyclic) bond motifs is 5. The van der Waals surface area contributed by atoms with Gasteiger partial charge in [0.25, 0.3) is 0 Å². The van der Waals surface area contributed by atoms with E-state index < -0.39 is 0 Å². The summed E-state index contributed by atoms with van der Waals surface area (Å²) in [5, 5.41) is 9.94. The third kappa shape index (κ3) is 1.89. The van der Waals surface area contributed by atoms with E-state index in [0.29, 0.717) is 5.92 Å². The molecule has 8 atom stereocenters. The Balaban J connectivity index is 1.69. The summed E-state index contributed by atoms with van der Waals surface area (Å²) in [6.07, 6.45) is 18.2. The Morgan fingerprint density at radius 3 is 2.86 bits per heavy atom. The Kier molecular flexibility index (Phi) is 3.31. The summed E-state index contributed by atoms with van der Waals surface area (Å²) in [4.78, 5) is 0. The Hall–Kier alpha value is -1.00. The van der Waals surface area contributed by atoms with Crippen LogP contribution in [0, 0.1) is 53.3 Å². The van der Waals surface area contributed by atoms with Crippen LogP contribution in [0.3, 0.4) is 0 Å². The van der Waals surface area contributed by atoms with Crippen LogP contribution in [0.1, 0.15) is 46.0 Å². The van der Waals surface area contributed by atoms with Crippen molar-refractivity contribution in [3.63, 3.8) is 0 Å². The quantitative estimate of drug-likeness (QED) is 0.525. The summed E-state index contributed by atoms with van der Waals surface area (Å²) in [7, 11) is 0. The first kappa shape index (κ1) is 14.6. The molecule has 4 aliphatic rings. The molecule has 4 unspecified atom stereocenters. The van der Waals surface area contributed by atoms with Crippen LogP contribution in [-0.4, -0.2) is 11.2 Å². The summed E-state index contributed by atoms with van der Waals surface area (Å²) in [5.41, 5.74) is 1.66. The van der Waals surface area contributed by atoms with Gasteiger partial charge in [0, 0.05) is 11.3 Å². The molecule has 0 aromatic carbocycles. The maximum atomic E-state index is 9.94. The molecule has 1 N–H and O–H groups in total. The van der Waals surface area contributed by atoms with Crippen molar-refractivity contribution < 1.29 is 5.11 Å². The zero-order valence-electron chi connectivity index (χ0n) is 13.8. The molecule has 0 radical (unpaired) electrons. The maximum Gasteiger partial charge on any atom is 0.0905 e. The van der Waals surface area contributed by atoms with E-state index in [1.807, 2.05) is 6.08 Å². The molecule has 0 spiro atoms. The molecule has 118 valence electrons. The molecule has 3 fully saturated rings. The Bertz CT molecular complexity index is 565. The number of terminal acetylenes is 1. The van der Waals surface area contributed by atoms with Crippen molar-refractivity contribution in [2.24, 2.45) is 40.9 Å². The minimum atomic E-state index is -0.370. The number of rotatable bonds is 0. The van der Waals surface area contributed by atoms with E-state index in [9.17, 15) is 5.11 Å². The Morgan fingerprint density at radius 1 is 1.27 bits per heavy atom. The minimum absolute atomic E-state index is 0.176. The van der Waals surface area contributed by atoms with E-state index in [-0.39, 0.29) is 11.5 Å². The van der Waals surface area contributed by atoms with Crippen LogP contribution in [0.5, 0.6) is 0 Å². The van der Waals surface area contributed by atoms with E-state index >= 15 is 0 Å². The third-order valence-corrected chi connectivity index (χ3v) is 7.55. The molecule has 0 amide bonds. The van der Waals surface area contributed by atoms with Gasteiger partial charge in [-0.05, 0) is 61.7 Å². The zero-order valence-corrected chi connectivity index (χ0v) is 13.8. The first-order valence-corrected chi connectivity index (χ1v) is 9.09. The summed E-state index contributed by atoms with van der Waals surface area (Å²) in [6, 6.07) is 0. The second-order valence-electron chi connectivity index (χ2n) is 8.44. The fraction of sp³-hybridized carbons (Fsp3) is 0.714. The molecule has 0 saturated heterocycles. The average Bonchev–Trinajstić information content (AvgIpc) is 2.94. The maximum absolute atomic E-state index is 9.94. The van der Waals surface area contributed by atoms with Crippen LogP contribution in [0.4, 0.5) is 0 Å². The highest BCUT2D eigenvalue weighted by Gasteiger charge is 2.55. The predicted octanol–water partition coefficient (Wildman–Crippen LogP) is 4.19. The van der Waals surface area contributed by atoms with Crippen LogP contribution in [0.2, 0.25) is 0 Å². The van der Waals surface area contributed by atoms with E-state index in [1.165, 1.54) is 31.3 Å². The summed E-state index contributed by atoms with van der Waals surface area (Å²) >= 11 is 0. The molecule has 3 saturated carbocycles. The molecule has 4 aliphatic carbocycles. The van der Waals surface area contributed by atoms with Crippen molar-refractivity contribution in [3.8, 4) is 12.3 Å². The lowest BCUT2D eigenvalue weighted by molar-refractivity contribution is -0.00898. The number of hydrogen-bond acceptors (Lipinski definition) is 1. The monoisotopic (exact) mass is 296 g/mol. The Morgan fingerprint density at radius 2 is 2.09 bits per heavy atom. The second-order valence-corrected chi connectivity index (χ2v) is 8.44. The smallest absolute Gasteiger partial charge is 0.0905 e. The highest BCUT2D eigenvalue weighted by Crippen LogP contribution is 2.62. The lowest BCUT2D eigenvalue weighted by Gasteiger charge is -2.55. The first-order valence-electron chi connectivity index (χ1n) is 9.09. The van der Waals surface area contributed by atoms with E-state index in [4.69, 9.17) is 6.42 Å². The van der Waals surface area contributed by atoms with Gasteiger partial charge in [-0.25, -0.2) is 0 Å². The lowest BCUT2D eigenvalue weighted by Crippen LogP contribution is -2.48. The molecular weight excluding hydrogens is 268 g/mol. The second kappa shape index (κ2) is 5.00. The standard InChI is InChI=1S/C21H28O/c1-4-14-5-7-18-17-8-6-15-12-16(22)9-10-21(15,3)19(17)11-13(2)20(14)18/h1,9-10,12-14,16-20,22H,5-8,11H2,2-3H3/t13-,14+,16+,17?,18?,19?,20?,21+/m1/s1. The van der Waals surface area contributed by atoms with Crippen molar-refractivity contribution in [3.05, 3.63) is 23.8 Å². The molecule has 1 nitrogen and oxygen atoms in total. The molecule has 0 heterocycles. The third-order valence-electron chi connectivity index (χ3n) is 7.55. The largest absolute Gasteiger partial charge is 0.385 e. The van der Waals surface area contributed by atoms with Crippen LogP contribution < -0.4 is 0 Å². The lowest BCUT2D eigenvalue weighted by atomic mass is 9.49. The highest BCUT2D eigenvalue weighted by atomic mass is 16.3. The minimum Gasteiger partial charge on any atom is -0.385 e. The number of allylic oxidation sites excluding steroid dienone is 2. The van der Waals surface area contributed by atoms with E-state index in [1.54, 1.807) is 0 Å². The predicted molar refractivity (Wildman–Crippen MR) is 89.9 cm³/mol. The topological polar surface area (TPSA) is 20.2 Å². The van der Waals surface area contributed by atoms with Gasteiger partial charge in [-0.1, -0.05) is 37.6 Å². The van der Waals surface area contributed by atoms with Gasteiger partial charge in [-0.2, -0.15) is 0 Å². The fourth-order valence-electron chi connectivity index (χ4n) is 6.59. The van der Waals surface area contributed by atoms with Crippen LogP contribution in [0.15, 0.2) is 23.8 Å². The van der Waals surface area contributed by atoms with Crippen LogP contribution in [-0.2, 0) is 0 Å². The summed E-state index contributed by atoms with van der Waals surface area (Å²) < 4.78 is 0. The SMILES string of the molecule is C#C[C@H]1CCC2C3CCC4=C[C@@H](O)C=C[C@]4(C)C3C[C@@H](C)C21. The van der Waals surface area contributed by atoms with Gasteiger partial charge in [0.2, 0.25) is 0 Å². The van der Waals surface area contributed by atoms with Gasteiger partial charge < -0.3 is 5.11 Å². The molecule has 0 bridgehead atoms. The van der Waals surface area contributed by atoms with E-state index in [0.717, 1.165) is 36.0 Å². The molecule has 0 aromatic rings. The van der Waals surface area contributed by atoms with Crippen molar-refractivity contribution in [1.82, 2.24) is 0 Å². The first-order chi connectivity index (χ1) is 10.5. The zero-order chi connectivity index (χ0) is 15.5. The van der Waals surface area contributed by atoms with Crippen molar-refractivity contribution in [2.75, 3.05) is 0 Å². The molecule has 22 heavy (non-hydrogen) atoms. The molecule has 0 aromatic heterocycles. The fourth-order valence-corrected chi connectivity index (χ4v) is 6.59. The molecule has 4 rings (SSSR count). The van der Waals surface area contributed by atoms with Crippen LogP contribution in [0.25, 0.3) is 0 Å². The Labute approximate surface area is 134 Å². The van der Waals surface area contributed by atoms with Crippen LogP contribution >= 0.6 is 0 Å². The van der Waals surface area contributed by atoms with E-state index in [2.05, 4.69) is 31.9 Å². The average molecular weight is 296 g/mol. The van der Waals surface area contributed by atoms with Gasteiger partial charge in [0.05, 0.1) is 6.10 Å². The summed E-state index contributed by atoms with van der Waals surface area (Å²) in [5.74, 6) is 7.55. The van der Waals surface area contributed by atoms with Gasteiger partial charge >= 0.3 is 0 Å². The highest BCUT2D eigenvalue weighted by molar-refractivity contribution is 5.33. The van der Waals surface area contributed by atoms with Crippen molar-refractivity contribution >= 4 is 0 Å². The molecular formula is C21H28O.